The van der Waals surface area contributed by atoms with Crippen LogP contribution in [0.5, 0.6) is 0 Å². The number of carbonyl (C=O) groups excluding carboxylic acids is 1. The van der Waals surface area contributed by atoms with Crippen molar-refractivity contribution in [1.29, 1.82) is 0 Å². The zero-order valence-corrected chi connectivity index (χ0v) is 16.9. The van der Waals surface area contributed by atoms with E-state index < -0.39 is 0 Å². The van der Waals surface area contributed by atoms with E-state index in [1.807, 2.05) is 45.0 Å². The fourth-order valence-electron chi connectivity index (χ4n) is 2.81. The van der Waals surface area contributed by atoms with E-state index in [4.69, 9.17) is 11.6 Å². The van der Waals surface area contributed by atoms with E-state index in [2.05, 4.69) is 15.6 Å². The second-order valence-electron chi connectivity index (χ2n) is 6.41. The Kier molecular flexibility index (Phi) is 6.86. The molecule has 1 aliphatic heterocycles. The number of rotatable bonds is 5. The second-order valence-corrected chi connectivity index (χ2v) is 7.88. The fourth-order valence-corrected chi connectivity index (χ4v) is 4.01. The monoisotopic (exact) mass is 399 g/mol. The SMILES string of the molecule is Cc1nc(-c2ccc(Cl)cc2)sc1C(C)NC(=O)C(C)C1CNC1.Cl. The van der Waals surface area contributed by atoms with Crippen molar-refractivity contribution in [3.05, 3.63) is 39.9 Å². The summed E-state index contributed by atoms with van der Waals surface area (Å²) in [5, 5.41) is 8.03. The first-order valence-corrected chi connectivity index (χ1v) is 9.39. The minimum atomic E-state index is -0.0356. The molecule has 0 spiro atoms. The van der Waals surface area contributed by atoms with Crippen molar-refractivity contribution in [2.45, 2.75) is 26.8 Å². The van der Waals surface area contributed by atoms with Gasteiger partial charge in [0.25, 0.3) is 0 Å². The highest BCUT2D eigenvalue weighted by atomic mass is 35.5. The van der Waals surface area contributed by atoms with Crippen LogP contribution in [-0.4, -0.2) is 24.0 Å². The summed E-state index contributed by atoms with van der Waals surface area (Å²) in [6.07, 6.45) is 0. The van der Waals surface area contributed by atoms with Crippen molar-refractivity contribution in [2.75, 3.05) is 13.1 Å². The van der Waals surface area contributed by atoms with Crippen LogP contribution in [0.15, 0.2) is 24.3 Å². The number of amides is 1. The number of nitrogens with zero attached hydrogens (tertiary/aromatic N) is 1. The molecule has 2 unspecified atom stereocenters. The number of carbonyl (C=O) groups is 1. The molecule has 136 valence electrons. The number of aromatic nitrogens is 1. The summed E-state index contributed by atoms with van der Waals surface area (Å²) in [5.41, 5.74) is 2.02. The minimum absolute atomic E-state index is 0. The zero-order chi connectivity index (χ0) is 17.3. The summed E-state index contributed by atoms with van der Waals surface area (Å²) in [6.45, 7) is 7.89. The predicted octanol–water partition coefficient (Wildman–Crippen LogP) is 4.23. The fraction of sp³-hybridized carbons (Fsp3) is 0.444. The Hall–Kier alpha value is -1.14. The maximum absolute atomic E-state index is 12.4. The second kappa shape index (κ2) is 8.49. The molecule has 2 atom stereocenters. The highest BCUT2D eigenvalue weighted by Gasteiger charge is 2.29. The number of hydrogen-bond acceptors (Lipinski definition) is 4. The number of aryl methyl sites for hydroxylation is 1. The molecule has 1 fully saturated rings. The molecule has 1 aliphatic rings. The van der Waals surface area contributed by atoms with Crippen molar-refractivity contribution in [2.24, 2.45) is 11.8 Å². The van der Waals surface area contributed by atoms with Crippen molar-refractivity contribution >= 4 is 41.3 Å². The van der Waals surface area contributed by atoms with Gasteiger partial charge >= 0.3 is 0 Å². The van der Waals surface area contributed by atoms with E-state index in [0.29, 0.717) is 10.9 Å². The van der Waals surface area contributed by atoms with Gasteiger partial charge in [-0.3, -0.25) is 4.79 Å². The third-order valence-corrected chi connectivity index (χ3v) is 6.25. The van der Waals surface area contributed by atoms with Gasteiger partial charge in [0.15, 0.2) is 0 Å². The van der Waals surface area contributed by atoms with Crippen LogP contribution in [0.4, 0.5) is 0 Å². The molecule has 2 N–H and O–H groups in total. The Morgan fingerprint density at radius 1 is 1.32 bits per heavy atom. The highest BCUT2D eigenvalue weighted by molar-refractivity contribution is 7.15. The lowest BCUT2D eigenvalue weighted by Crippen LogP contribution is -2.49. The van der Waals surface area contributed by atoms with Gasteiger partial charge in [-0.05, 0) is 45.0 Å². The van der Waals surface area contributed by atoms with Crippen LogP contribution in [0, 0.1) is 18.8 Å². The summed E-state index contributed by atoms with van der Waals surface area (Å²) in [7, 11) is 0. The Morgan fingerprint density at radius 2 is 1.96 bits per heavy atom. The molecular formula is C18H23Cl2N3OS. The van der Waals surface area contributed by atoms with Crippen LogP contribution in [0.2, 0.25) is 5.02 Å². The number of halogens is 2. The van der Waals surface area contributed by atoms with Gasteiger partial charge < -0.3 is 10.6 Å². The standard InChI is InChI=1S/C18H22ClN3OS.ClH/c1-10(14-8-20-9-14)17(23)21-11(2)16-12(3)22-18(24-16)13-4-6-15(19)7-5-13;/h4-7,10-11,14,20H,8-9H2,1-3H3,(H,21,23);1H. The van der Waals surface area contributed by atoms with E-state index in [0.717, 1.165) is 34.2 Å². The van der Waals surface area contributed by atoms with Crippen LogP contribution < -0.4 is 10.6 Å². The van der Waals surface area contributed by atoms with E-state index in [1.54, 1.807) is 11.3 Å². The molecule has 1 aromatic heterocycles. The molecule has 0 bridgehead atoms. The minimum Gasteiger partial charge on any atom is -0.348 e. The Balaban J connectivity index is 0.00000225. The topological polar surface area (TPSA) is 54.0 Å². The summed E-state index contributed by atoms with van der Waals surface area (Å²) >= 11 is 7.57. The molecule has 3 rings (SSSR count). The summed E-state index contributed by atoms with van der Waals surface area (Å²) < 4.78 is 0. The van der Waals surface area contributed by atoms with Crippen molar-refractivity contribution in [3.63, 3.8) is 0 Å². The first-order valence-electron chi connectivity index (χ1n) is 8.20. The molecule has 2 heterocycles. The van der Waals surface area contributed by atoms with Gasteiger partial charge in [0.1, 0.15) is 5.01 Å². The lowest BCUT2D eigenvalue weighted by molar-refractivity contribution is -0.127. The van der Waals surface area contributed by atoms with Crippen LogP contribution in [0.3, 0.4) is 0 Å². The molecule has 1 amide bonds. The van der Waals surface area contributed by atoms with Crippen LogP contribution in [0.25, 0.3) is 10.6 Å². The van der Waals surface area contributed by atoms with Crippen molar-refractivity contribution < 1.29 is 4.79 Å². The summed E-state index contributed by atoms with van der Waals surface area (Å²) in [5.74, 6) is 0.608. The highest BCUT2D eigenvalue weighted by Crippen LogP contribution is 2.32. The first kappa shape index (κ1) is 20.2. The molecule has 2 aromatic rings. The van der Waals surface area contributed by atoms with Gasteiger partial charge in [-0.2, -0.15) is 0 Å². The molecular weight excluding hydrogens is 377 g/mol. The predicted molar refractivity (Wildman–Crippen MR) is 107 cm³/mol. The van der Waals surface area contributed by atoms with Gasteiger partial charge in [-0.25, -0.2) is 4.98 Å². The number of thiazole rings is 1. The molecule has 1 saturated heterocycles. The molecule has 25 heavy (non-hydrogen) atoms. The number of nitrogens with one attached hydrogen (secondary N) is 2. The number of hydrogen-bond donors (Lipinski definition) is 2. The van der Waals surface area contributed by atoms with E-state index in [1.165, 1.54) is 0 Å². The van der Waals surface area contributed by atoms with Crippen LogP contribution in [-0.2, 0) is 4.79 Å². The molecule has 0 saturated carbocycles. The van der Waals surface area contributed by atoms with Gasteiger partial charge in [-0.15, -0.1) is 23.7 Å². The molecule has 1 aromatic carbocycles. The molecule has 7 heteroatoms. The first-order chi connectivity index (χ1) is 11.5. The normalized spacial score (nSPS) is 16.5. The quantitative estimate of drug-likeness (QED) is 0.790. The molecule has 0 aliphatic carbocycles. The third-order valence-electron chi connectivity index (χ3n) is 4.61. The zero-order valence-electron chi connectivity index (χ0n) is 14.5. The third kappa shape index (κ3) is 4.53. The van der Waals surface area contributed by atoms with E-state index in [-0.39, 0.29) is 30.3 Å². The van der Waals surface area contributed by atoms with Crippen LogP contribution >= 0.6 is 35.3 Å². The summed E-state index contributed by atoms with van der Waals surface area (Å²) in [4.78, 5) is 18.2. The van der Waals surface area contributed by atoms with Gasteiger partial charge in [-0.1, -0.05) is 30.7 Å². The Morgan fingerprint density at radius 3 is 2.52 bits per heavy atom. The van der Waals surface area contributed by atoms with Crippen molar-refractivity contribution in [3.8, 4) is 10.6 Å². The van der Waals surface area contributed by atoms with Gasteiger partial charge in [0.2, 0.25) is 5.91 Å². The smallest absolute Gasteiger partial charge is 0.223 e. The van der Waals surface area contributed by atoms with Gasteiger partial charge in [0.05, 0.1) is 16.6 Å². The maximum atomic E-state index is 12.4. The van der Waals surface area contributed by atoms with Crippen LogP contribution in [0.1, 0.15) is 30.5 Å². The summed E-state index contributed by atoms with van der Waals surface area (Å²) in [6, 6.07) is 7.64. The Bertz CT molecular complexity index is 728. The van der Waals surface area contributed by atoms with Gasteiger partial charge in [0, 0.05) is 16.5 Å². The lowest BCUT2D eigenvalue weighted by atomic mass is 9.88. The van der Waals surface area contributed by atoms with E-state index in [9.17, 15) is 4.79 Å². The lowest BCUT2D eigenvalue weighted by Gasteiger charge is -2.32. The number of benzene rings is 1. The average Bonchev–Trinajstić information content (AvgIpc) is 2.88. The van der Waals surface area contributed by atoms with Crippen molar-refractivity contribution in [1.82, 2.24) is 15.6 Å². The maximum Gasteiger partial charge on any atom is 0.223 e. The molecule has 0 radical (unpaired) electrons. The van der Waals surface area contributed by atoms with E-state index >= 15 is 0 Å². The Labute approximate surface area is 163 Å². The largest absolute Gasteiger partial charge is 0.348 e. The molecule has 4 nitrogen and oxygen atoms in total. The average molecular weight is 400 g/mol.